The number of allylic oxidation sites excluding steroid dienone is 2. The van der Waals surface area contributed by atoms with Crippen molar-refractivity contribution in [2.45, 2.75) is 89.9 Å². The van der Waals surface area contributed by atoms with Crippen molar-refractivity contribution in [2.75, 3.05) is 7.11 Å². The van der Waals surface area contributed by atoms with Crippen molar-refractivity contribution in [2.24, 2.45) is 29.6 Å². The molecule has 3 aliphatic rings. The third-order valence-electron chi connectivity index (χ3n) is 8.84. The molecule has 3 aliphatic carbocycles. The van der Waals surface area contributed by atoms with E-state index in [2.05, 4.69) is 19.1 Å². The summed E-state index contributed by atoms with van der Waals surface area (Å²) in [6, 6.07) is 5.46. The summed E-state index contributed by atoms with van der Waals surface area (Å²) in [5, 5.41) is 0. The van der Waals surface area contributed by atoms with Crippen molar-refractivity contribution in [1.82, 2.24) is 0 Å². The minimum Gasteiger partial charge on any atom is -0.497 e. The van der Waals surface area contributed by atoms with E-state index in [1.165, 1.54) is 70.6 Å². The molecule has 4 atom stereocenters. The van der Waals surface area contributed by atoms with Crippen LogP contribution in [0.2, 0.25) is 0 Å². The van der Waals surface area contributed by atoms with E-state index in [0.717, 1.165) is 41.6 Å². The maximum Gasteiger partial charge on any atom is 0.130 e. The second kappa shape index (κ2) is 10.3. The summed E-state index contributed by atoms with van der Waals surface area (Å²) in [4.78, 5) is 0. The summed E-state index contributed by atoms with van der Waals surface area (Å²) >= 11 is 0. The first-order valence-electron chi connectivity index (χ1n) is 12.6. The first-order valence-corrected chi connectivity index (χ1v) is 12.6. The maximum atomic E-state index is 14.6. The molecular weight excluding hydrogens is 371 g/mol. The lowest BCUT2D eigenvalue weighted by atomic mass is 9.60. The third-order valence-corrected chi connectivity index (χ3v) is 8.84. The number of fused-ring (bicyclic) bond motifs is 1. The Bertz CT molecular complexity index is 703. The van der Waals surface area contributed by atoms with Gasteiger partial charge in [0.1, 0.15) is 11.6 Å². The first-order chi connectivity index (χ1) is 14.7. The summed E-state index contributed by atoms with van der Waals surface area (Å²) in [6.45, 7) is 2.13. The van der Waals surface area contributed by atoms with Crippen LogP contribution in [0.15, 0.2) is 30.4 Å². The Morgan fingerprint density at radius 3 is 2.27 bits per heavy atom. The fourth-order valence-corrected chi connectivity index (χ4v) is 7.05. The van der Waals surface area contributed by atoms with Crippen LogP contribution in [0.5, 0.6) is 5.75 Å². The summed E-state index contributed by atoms with van der Waals surface area (Å²) in [6.07, 6.45) is 21.0. The van der Waals surface area contributed by atoms with E-state index in [9.17, 15) is 4.39 Å². The molecule has 166 valence electrons. The SMILES string of the molecule is C/C=C/CCC1CCC(C2CCC3CC(c4ccc(OC)cc4F)CCC3C2)CC1. The van der Waals surface area contributed by atoms with E-state index < -0.39 is 0 Å². The predicted octanol–water partition coefficient (Wildman–Crippen LogP) is 8.30. The molecule has 2 heteroatoms. The van der Waals surface area contributed by atoms with E-state index in [4.69, 9.17) is 4.74 Å². The Labute approximate surface area is 183 Å². The zero-order valence-corrected chi connectivity index (χ0v) is 19.1. The molecule has 4 unspecified atom stereocenters. The smallest absolute Gasteiger partial charge is 0.130 e. The van der Waals surface area contributed by atoms with Gasteiger partial charge in [-0.15, -0.1) is 0 Å². The monoisotopic (exact) mass is 412 g/mol. The zero-order valence-electron chi connectivity index (χ0n) is 19.1. The number of hydrogen-bond donors (Lipinski definition) is 0. The fourth-order valence-electron chi connectivity index (χ4n) is 7.05. The molecule has 0 amide bonds. The Kier molecular flexibility index (Phi) is 7.55. The van der Waals surface area contributed by atoms with Crippen LogP contribution in [0.3, 0.4) is 0 Å². The van der Waals surface area contributed by atoms with Gasteiger partial charge in [0.2, 0.25) is 0 Å². The Hall–Kier alpha value is -1.31. The molecule has 1 aromatic carbocycles. The van der Waals surface area contributed by atoms with Gasteiger partial charge in [-0.2, -0.15) is 0 Å². The van der Waals surface area contributed by atoms with Gasteiger partial charge in [0, 0.05) is 6.07 Å². The molecule has 3 saturated carbocycles. The second-order valence-electron chi connectivity index (χ2n) is 10.4. The molecule has 30 heavy (non-hydrogen) atoms. The van der Waals surface area contributed by atoms with Crippen molar-refractivity contribution in [3.63, 3.8) is 0 Å². The van der Waals surface area contributed by atoms with Crippen LogP contribution in [0.4, 0.5) is 4.39 Å². The molecule has 0 saturated heterocycles. The van der Waals surface area contributed by atoms with Crippen molar-refractivity contribution in [3.05, 3.63) is 41.7 Å². The highest BCUT2D eigenvalue weighted by Gasteiger charge is 2.39. The molecular formula is C28H41FO. The molecule has 0 N–H and O–H groups in total. The minimum absolute atomic E-state index is 0.0716. The molecule has 1 aromatic rings. The number of halogens is 1. The predicted molar refractivity (Wildman–Crippen MR) is 123 cm³/mol. The maximum absolute atomic E-state index is 14.6. The Morgan fingerprint density at radius 2 is 1.57 bits per heavy atom. The van der Waals surface area contributed by atoms with Gasteiger partial charge >= 0.3 is 0 Å². The molecule has 0 radical (unpaired) electrons. The van der Waals surface area contributed by atoms with Crippen LogP contribution in [-0.2, 0) is 0 Å². The van der Waals surface area contributed by atoms with Gasteiger partial charge in [-0.25, -0.2) is 4.39 Å². The van der Waals surface area contributed by atoms with Crippen LogP contribution in [-0.4, -0.2) is 7.11 Å². The lowest BCUT2D eigenvalue weighted by molar-refractivity contribution is 0.0709. The molecule has 0 bridgehead atoms. The molecule has 0 aliphatic heterocycles. The normalized spacial score (nSPS) is 34.6. The van der Waals surface area contributed by atoms with Gasteiger partial charge in [0.15, 0.2) is 0 Å². The largest absolute Gasteiger partial charge is 0.497 e. The first kappa shape index (κ1) is 21.9. The quantitative estimate of drug-likeness (QED) is 0.427. The van der Waals surface area contributed by atoms with Gasteiger partial charge in [-0.05, 0) is 118 Å². The summed E-state index contributed by atoms with van der Waals surface area (Å²) in [7, 11) is 1.61. The van der Waals surface area contributed by atoms with Crippen molar-refractivity contribution >= 4 is 0 Å². The molecule has 1 nitrogen and oxygen atoms in total. The highest BCUT2D eigenvalue weighted by Crippen LogP contribution is 2.51. The van der Waals surface area contributed by atoms with E-state index in [-0.39, 0.29) is 5.82 Å². The highest BCUT2D eigenvalue weighted by atomic mass is 19.1. The summed E-state index contributed by atoms with van der Waals surface area (Å²) < 4.78 is 19.8. The summed E-state index contributed by atoms with van der Waals surface area (Å²) in [5.74, 6) is 5.61. The average molecular weight is 413 g/mol. The number of methoxy groups -OCH3 is 1. The van der Waals surface area contributed by atoms with Crippen molar-refractivity contribution in [1.29, 1.82) is 0 Å². The van der Waals surface area contributed by atoms with Crippen molar-refractivity contribution in [3.8, 4) is 5.75 Å². The lowest BCUT2D eigenvalue weighted by Gasteiger charge is -2.45. The van der Waals surface area contributed by atoms with Gasteiger partial charge < -0.3 is 4.74 Å². The van der Waals surface area contributed by atoms with E-state index in [1.54, 1.807) is 13.2 Å². The standard InChI is InChI=1S/C28H41FO/c1-3-4-5-6-20-7-9-21(10-8-20)22-11-12-24-18-25(14-13-23(24)17-22)27-16-15-26(30-2)19-28(27)29/h3-4,15-16,19-25H,5-14,17-18H2,1-2H3/b4-3+. The van der Waals surface area contributed by atoms with Crippen LogP contribution in [0.1, 0.15) is 95.5 Å². The van der Waals surface area contributed by atoms with Gasteiger partial charge in [-0.1, -0.05) is 31.1 Å². The van der Waals surface area contributed by atoms with Crippen LogP contribution in [0.25, 0.3) is 0 Å². The fraction of sp³-hybridized carbons (Fsp3) is 0.714. The van der Waals surface area contributed by atoms with Crippen LogP contribution in [0, 0.1) is 35.4 Å². The molecule has 4 rings (SSSR count). The van der Waals surface area contributed by atoms with Crippen LogP contribution >= 0.6 is 0 Å². The lowest BCUT2D eigenvalue weighted by Crippen LogP contribution is -2.34. The molecule has 3 fully saturated rings. The van der Waals surface area contributed by atoms with E-state index >= 15 is 0 Å². The van der Waals surface area contributed by atoms with Crippen LogP contribution < -0.4 is 4.74 Å². The molecule has 0 aromatic heterocycles. The van der Waals surface area contributed by atoms with E-state index in [0.29, 0.717) is 11.7 Å². The highest BCUT2D eigenvalue weighted by molar-refractivity contribution is 5.31. The second-order valence-corrected chi connectivity index (χ2v) is 10.4. The molecule has 0 spiro atoms. The topological polar surface area (TPSA) is 9.23 Å². The number of rotatable bonds is 6. The van der Waals surface area contributed by atoms with E-state index in [1.807, 2.05) is 12.1 Å². The zero-order chi connectivity index (χ0) is 20.9. The Morgan fingerprint density at radius 1 is 0.900 bits per heavy atom. The molecule has 0 heterocycles. The number of hydrogen-bond acceptors (Lipinski definition) is 1. The summed E-state index contributed by atoms with van der Waals surface area (Å²) in [5.41, 5.74) is 0.924. The van der Waals surface area contributed by atoms with Gasteiger partial charge in [0.25, 0.3) is 0 Å². The van der Waals surface area contributed by atoms with Gasteiger partial charge in [-0.3, -0.25) is 0 Å². The average Bonchev–Trinajstić information content (AvgIpc) is 2.79. The number of ether oxygens (including phenoxy) is 1. The third kappa shape index (κ3) is 5.11. The number of benzene rings is 1. The van der Waals surface area contributed by atoms with Crippen molar-refractivity contribution < 1.29 is 9.13 Å². The minimum atomic E-state index is -0.0716. The Balaban J connectivity index is 1.27. The van der Waals surface area contributed by atoms with Gasteiger partial charge in [0.05, 0.1) is 7.11 Å².